The Bertz CT molecular complexity index is 644. The predicted octanol–water partition coefficient (Wildman–Crippen LogP) is 5.09. The normalized spacial score (nSPS) is 18.7. The van der Waals surface area contributed by atoms with Gasteiger partial charge in [0.15, 0.2) is 0 Å². The molecule has 4 heteroatoms. The van der Waals surface area contributed by atoms with E-state index in [2.05, 4.69) is 22.0 Å². The Balaban J connectivity index is 1.81. The Morgan fingerprint density at radius 3 is 2.90 bits per heavy atom. The summed E-state index contributed by atoms with van der Waals surface area (Å²) in [6, 6.07) is 13.7. The third kappa shape index (κ3) is 3.25. The van der Waals surface area contributed by atoms with Gasteiger partial charge in [-0.2, -0.15) is 0 Å². The molecule has 2 nitrogen and oxygen atoms in total. The number of aliphatic hydroxyl groups is 1. The predicted molar refractivity (Wildman–Crippen MR) is 88.0 cm³/mol. The zero-order valence-electron chi connectivity index (χ0n) is 11.4. The Morgan fingerprint density at radius 1 is 1.29 bits per heavy atom. The van der Waals surface area contributed by atoms with E-state index in [0.717, 1.165) is 22.2 Å². The second-order valence-corrected chi connectivity index (χ2v) is 6.61. The van der Waals surface area contributed by atoms with E-state index >= 15 is 0 Å². The highest BCUT2D eigenvalue weighted by Gasteiger charge is 2.25. The van der Waals surface area contributed by atoms with Crippen molar-refractivity contribution in [3.05, 3.63) is 63.1 Å². The van der Waals surface area contributed by atoms with Gasteiger partial charge in [-0.3, -0.25) is 0 Å². The summed E-state index contributed by atoms with van der Waals surface area (Å²) in [4.78, 5) is 0. The van der Waals surface area contributed by atoms with Gasteiger partial charge in [0.05, 0.1) is 12.7 Å². The van der Waals surface area contributed by atoms with Crippen LogP contribution in [0.4, 0.5) is 0 Å². The molecule has 110 valence electrons. The summed E-state index contributed by atoms with van der Waals surface area (Å²) in [5.74, 6) is 1.23. The molecule has 2 aromatic rings. The molecule has 0 fully saturated rings. The molecule has 0 bridgehead atoms. The number of halogens is 2. The first-order chi connectivity index (χ1) is 10.1. The third-order valence-corrected chi connectivity index (χ3v) is 4.73. The van der Waals surface area contributed by atoms with Crippen molar-refractivity contribution < 1.29 is 9.84 Å². The van der Waals surface area contributed by atoms with Crippen molar-refractivity contribution >= 4 is 27.5 Å². The van der Waals surface area contributed by atoms with Crippen LogP contribution in [0.25, 0.3) is 0 Å². The lowest BCUT2D eigenvalue weighted by Crippen LogP contribution is -2.16. The van der Waals surface area contributed by atoms with Crippen LogP contribution in [0.15, 0.2) is 46.9 Å². The summed E-state index contributed by atoms with van der Waals surface area (Å²) in [6.07, 6.45) is 1.01. The van der Waals surface area contributed by atoms with Crippen LogP contribution in [0.5, 0.6) is 5.75 Å². The number of benzene rings is 2. The number of fused-ring (bicyclic) bond motifs is 1. The van der Waals surface area contributed by atoms with Gasteiger partial charge in [-0.1, -0.05) is 51.8 Å². The van der Waals surface area contributed by atoms with Gasteiger partial charge in [0, 0.05) is 9.50 Å². The Labute approximate surface area is 137 Å². The summed E-state index contributed by atoms with van der Waals surface area (Å²) in [5.41, 5.74) is 1.96. The molecule has 2 atom stereocenters. The van der Waals surface area contributed by atoms with E-state index in [1.54, 1.807) is 0 Å². The molecule has 0 aliphatic carbocycles. The van der Waals surface area contributed by atoms with Crippen molar-refractivity contribution in [3.8, 4) is 5.75 Å². The molecule has 21 heavy (non-hydrogen) atoms. The van der Waals surface area contributed by atoms with Gasteiger partial charge in [0.2, 0.25) is 0 Å². The van der Waals surface area contributed by atoms with Crippen LogP contribution in [0, 0.1) is 0 Å². The van der Waals surface area contributed by atoms with Crippen LogP contribution in [0.1, 0.15) is 36.0 Å². The molecule has 0 saturated heterocycles. The third-order valence-electron chi connectivity index (χ3n) is 3.91. The molecular formula is C17H16BrClO2. The molecular weight excluding hydrogens is 352 g/mol. The minimum absolute atomic E-state index is 0.296. The van der Waals surface area contributed by atoms with Gasteiger partial charge in [-0.25, -0.2) is 0 Å². The SMILES string of the molecule is OC(CC1CCOc2ccccc21)c1ccc(Br)cc1Cl. The van der Waals surface area contributed by atoms with Gasteiger partial charge in [-0.15, -0.1) is 0 Å². The summed E-state index contributed by atoms with van der Waals surface area (Å²) in [5, 5.41) is 11.1. The summed E-state index contributed by atoms with van der Waals surface area (Å²) >= 11 is 9.61. The first-order valence-electron chi connectivity index (χ1n) is 7.00. The van der Waals surface area contributed by atoms with Crippen LogP contribution in [0.3, 0.4) is 0 Å². The molecule has 2 unspecified atom stereocenters. The quantitative estimate of drug-likeness (QED) is 0.818. The van der Waals surface area contributed by atoms with Crippen LogP contribution in [0.2, 0.25) is 5.02 Å². The highest BCUT2D eigenvalue weighted by Crippen LogP contribution is 2.40. The van der Waals surface area contributed by atoms with Crippen molar-refractivity contribution in [2.24, 2.45) is 0 Å². The molecule has 0 saturated carbocycles. The van der Waals surface area contributed by atoms with Gasteiger partial charge in [0.25, 0.3) is 0 Å². The summed E-state index contributed by atoms with van der Waals surface area (Å²) in [7, 11) is 0. The molecule has 0 radical (unpaired) electrons. The van der Waals surface area contributed by atoms with E-state index < -0.39 is 6.10 Å². The first kappa shape index (κ1) is 14.9. The average molecular weight is 368 g/mol. The number of ether oxygens (including phenoxy) is 1. The van der Waals surface area contributed by atoms with E-state index in [1.807, 2.05) is 36.4 Å². The Morgan fingerprint density at radius 2 is 2.10 bits per heavy atom. The molecule has 3 rings (SSSR count). The molecule has 0 aromatic heterocycles. The Hall–Kier alpha value is -1.03. The van der Waals surface area contributed by atoms with Crippen molar-refractivity contribution in [2.45, 2.75) is 24.9 Å². The number of para-hydroxylation sites is 1. The minimum atomic E-state index is -0.568. The maximum atomic E-state index is 10.5. The second-order valence-electron chi connectivity index (χ2n) is 5.29. The van der Waals surface area contributed by atoms with Crippen LogP contribution >= 0.6 is 27.5 Å². The molecule has 1 aliphatic rings. The highest BCUT2D eigenvalue weighted by molar-refractivity contribution is 9.10. The van der Waals surface area contributed by atoms with Crippen molar-refractivity contribution in [1.29, 1.82) is 0 Å². The van der Waals surface area contributed by atoms with E-state index in [0.29, 0.717) is 24.0 Å². The highest BCUT2D eigenvalue weighted by atomic mass is 79.9. The fourth-order valence-electron chi connectivity index (χ4n) is 2.83. The van der Waals surface area contributed by atoms with Gasteiger partial charge in [-0.05, 0) is 48.1 Å². The average Bonchev–Trinajstić information content (AvgIpc) is 2.47. The first-order valence-corrected chi connectivity index (χ1v) is 8.17. The second kappa shape index (κ2) is 6.39. The lowest BCUT2D eigenvalue weighted by molar-refractivity contribution is 0.145. The lowest BCUT2D eigenvalue weighted by atomic mass is 9.86. The van der Waals surface area contributed by atoms with Gasteiger partial charge >= 0.3 is 0 Å². The van der Waals surface area contributed by atoms with Gasteiger partial charge in [0.1, 0.15) is 5.75 Å². The summed E-state index contributed by atoms with van der Waals surface area (Å²) < 4.78 is 6.58. The molecule has 0 amide bonds. The lowest BCUT2D eigenvalue weighted by Gasteiger charge is -2.27. The fourth-order valence-corrected chi connectivity index (χ4v) is 3.63. The Kier molecular flexibility index (Phi) is 4.53. The smallest absolute Gasteiger partial charge is 0.122 e. The standard InChI is InChI=1S/C17H16BrClO2/c18-12-5-6-14(15(19)10-12)16(20)9-11-7-8-21-17-4-2-1-3-13(11)17/h1-6,10-11,16,20H,7-9H2. The number of aliphatic hydroxyl groups excluding tert-OH is 1. The zero-order chi connectivity index (χ0) is 14.8. The van der Waals surface area contributed by atoms with Gasteiger partial charge < -0.3 is 9.84 Å². The topological polar surface area (TPSA) is 29.5 Å². The zero-order valence-corrected chi connectivity index (χ0v) is 13.8. The minimum Gasteiger partial charge on any atom is -0.493 e. The van der Waals surface area contributed by atoms with Crippen LogP contribution in [-0.4, -0.2) is 11.7 Å². The van der Waals surface area contributed by atoms with Crippen molar-refractivity contribution in [1.82, 2.24) is 0 Å². The maximum Gasteiger partial charge on any atom is 0.122 e. The molecule has 1 heterocycles. The monoisotopic (exact) mass is 366 g/mol. The van der Waals surface area contributed by atoms with E-state index in [4.69, 9.17) is 16.3 Å². The van der Waals surface area contributed by atoms with Crippen LogP contribution < -0.4 is 4.74 Å². The van der Waals surface area contributed by atoms with E-state index in [-0.39, 0.29) is 0 Å². The maximum absolute atomic E-state index is 10.5. The van der Waals surface area contributed by atoms with Crippen molar-refractivity contribution in [2.75, 3.05) is 6.61 Å². The summed E-state index contributed by atoms with van der Waals surface area (Å²) in [6.45, 7) is 0.697. The van der Waals surface area contributed by atoms with E-state index in [9.17, 15) is 5.11 Å². The molecule has 1 aliphatic heterocycles. The fraction of sp³-hybridized carbons (Fsp3) is 0.294. The number of hydrogen-bond donors (Lipinski definition) is 1. The number of rotatable bonds is 3. The molecule has 2 aromatic carbocycles. The molecule has 1 N–H and O–H groups in total. The number of hydrogen-bond acceptors (Lipinski definition) is 2. The van der Waals surface area contributed by atoms with Crippen LogP contribution in [-0.2, 0) is 0 Å². The largest absolute Gasteiger partial charge is 0.493 e. The molecule has 0 spiro atoms. The van der Waals surface area contributed by atoms with Crippen molar-refractivity contribution in [3.63, 3.8) is 0 Å². The van der Waals surface area contributed by atoms with E-state index in [1.165, 1.54) is 5.56 Å².